The van der Waals surface area contributed by atoms with Gasteiger partial charge in [0.2, 0.25) is 0 Å². The first-order chi connectivity index (χ1) is 9.17. The lowest BCUT2D eigenvalue weighted by Gasteiger charge is -2.19. The highest BCUT2D eigenvalue weighted by Crippen LogP contribution is 2.15. The Balaban J connectivity index is 2.61. The Kier molecular flexibility index (Phi) is 8.24. The first-order valence-electron chi connectivity index (χ1n) is 7.54. The van der Waals surface area contributed by atoms with Crippen molar-refractivity contribution < 1.29 is 0 Å². The molecule has 0 saturated carbocycles. The summed E-state index contributed by atoms with van der Waals surface area (Å²) < 4.78 is 0. The van der Waals surface area contributed by atoms with E-state index in [1.54, 1.807) is 0 Å². The van der Waals surface area contributed by atoms with Gasteiger partial charge in [0.15, 0.2) is 0 Å². The molecule has 0 fully saturated rings. The van der Waals surface area contributed by atoms with E-state index < -0.39 is 0 Å². The monoisotopic (exact) mass is 279 g/mol. The Hall–Kier alpha value is -0.470. The molecule has 2 heteroatoms. The largest absolute Gasteiger partial charge is 0.313 e. The lowest BCUT2D eigenvalue weighted by atomic mass is 9.99. The summed E-state index contributed by atoms with van der Waals surface area (Å²) in [5, 5.41) is 3.70. The highest BCUT2D eigenvalue weighted by molar-refractivity contribution is 7.99. The molecule has 0 aliphatic rings. The second-order valence-corrected chi connectivity index (χ2v) is 6.51. The van der Waals surface area contributed by atoms with Gasteiger partial charge in [0.1, 0.15) is 0 Å². The van der Waals surface area contributed by atoms with Gasteiger partial charge >= 0.3 is 0 Å². The smallest absolute Gasteiger partial charge is 0.0198 e. The average Bonchev–Trinajstić information content (AvgIpc) is 2.40. The molecule has 1 atom stereocenters. The molecular formula is C17H29NS. The normalized spacial score (nSPS) is 12.6. The fourth-order valence-electron chi connectivity index (χ4n) is 2.19. The van der Waals surface area contributed by atoms with E-state index in [1.165, 1.54) is 41.0 Å². The minimum Gasteiger partial charge on any atom is -0.313 e. The molecule has 108 valence electrons. The van der Waals surface area contributed by atoms with Crippen LogP contribution in [-0.2, 0) is 6.42 Å². The highest BCUT2D eigenvalue weighted by Gasteiger charge is 2.10. The molecule has 1 aromatic rings. The molecule has 19 heavy (non-hydrogen) atoms. The first kappa shape index (κ1) is 16.6. The van der Waals surface area contributed by atoms with Crippen LogP contribution in [0.5, 0.6) is 0 Å². The number of nitrogens with one attached hydrogen (secondary N) is 1. The first-order valence-corrected chi connectivity index (χ1v) is 8.70. The van der Waals surface area contributed by atoms with Gasteiger partial charge in [-0.25, -0.2) is 0 Å². The minimum absolute atomic E-state index is 0.608. The SMILES string of the molecule is CCCNC(CSCCC)Cc1cc(C)ccc1C. The molecule has 0 aliphatic heterocycles. The quantitative estimate of drug-likeness (QED) is 0.674. The van der Waals surface area contributed by atoms with Crippen molar-refractivity contribution in [1.29, 1.82) is 0 Å². The number of aryl methyl sites for hydroxylation is 2. The summed E-state index contributed by atoms with van der Waals surface area (Å²) in [6, 6.07) is 7.41. The topological polar surface area (TPSA) is 12.0 Å². The molecule has 0 heterocycles. The summed E-state index contributed by atoms with van der Waals surface area (Å²) in [5.41, 5.74) is 4.30. The molecule has 0 aliphatic carbocycles. The van der Waals surface area contributed by atoms with E-state index in [1.807, 2.05) is 0 Å². The van der Waals surface area contributed by atoms with Gasteiger partial charge in [-0.3, -0.25) is 0 Å². The van der Waals surface area contributed by atoms with Crippen LogP contribution in [0.25, 0.3) is 0 Å². The van der Waals surface area contributed by atoms with Crippen molar-refractivity contribution in [2.75, 3.05) is 18.1 Å². The third-order valence-electron chi connectivity index (χ3n) is 3.32. The van der Waals surface area contributed by atoms with Crippen LogP contribution in [-0.4, -0.2) is 24.1 Å². The van der Waals surface area contributed by atoms with Gasteiger partial charge in [-0.15, -0.1) is 0 Å². The Morgan fingerprint density at radius 2 is 1.95 bits per heavy atom. The second-order valence-electron chi connectivity index (χ2n) is 5.36. The van der Waals surface area contributed by atoms with Gasteiger partial charge in [-0.05, 0) is 56.5 Å². The molecule has 0 aromatic heterocycles. The van der Waals surface area contributed by atoms with Crippen LogP contribution in [0.2, 0.25) is 0 Å². The standard InChI is InChI=1S/C17H29NS/c1-5-9-18-17(13-19-10-6-2)12-16-11-14(3)7-8-15(16)4/h7-8,11,17-18H,5-6,9-10,12-13H2,1-4H3. The van der Waals surface area contributed by atoms with Crippen LogP contribution < -0.4 is 5.32 Å². The average molecular weight is 279 g/mol. The molecular weight excluding hydrogens is 250 g/mol. The maximum absolute atomic E-state index is 3.70. The Morgan fingerprint density at radius 3 is 2.63 bits per heavy atom. The summed E-state index contributed by atoms with van der Waals surface area (Å²) in [4.78, 5) is 0. The lowest BCUT2D eigenvalue weighted by molar-refractivity contribution is 0.549. The van der Waals surface area contributed by atoms with Crippen LogP contribution in [0.4, 0.5) is 0 Å². The Labute approximate surface area is 123 Å². The van der Waals surface area contributed by atoms with E-state index >= 15 is 0 Å². The van der Waals surface area contributed by atoms with Gasteiger partial charge in [0.25, 0.3) is 0 Å². The van der Waals surface area contributed by atoms with Crippen LogP contribution in [0.15, 0.2) is 18.2 Å². The second kappa shape index (κ2) is 9.44. The van der Waals surface area contributed by atoms with E-state index in [9.17, 15) is 0 Å². The van der Waals surface area contributed by atoms with Crippen molar-refractivity contribution in [1.82, 2.24) is 5.32 Å². The fraction of sp³-hybridized carbons (Fsp3) is 0.647. The van der Waals surface area contributed by atoms with Crippen LogP contribution in [0, 0.1) is 13.8 Å². The molecule has 0 spiro atoms. The summed E-state index contributed by atoms with van der Waals surface area (Å²) in [7, 11) is 0. The molecule has 1 unspecified atom stereocenters. The van der Waals surface area contributed by atoms with Crippen molar-refractivity contribution in [2.45, 2.75) is 53.0 Å². The summed E-state index contributed by atoms with van der Waals surface area (Å²) >= 11 is 2.08. The van der Waals surface area contributed by atoms with Gasteiger partial charge in [-0.1, -0.05) is 37.6 Å². The molecule has 1 nitrogen and oxygen atoms in total. The number of rotatable bonds is 9. The van der Waals surface area contributed by atoms with Gasteiger partial charge in [0.05, 0.1) is 0 Å². The third kappa shape index (κ3) is 6.49. The Morgan fingerprint density at radius 1 is 1.16 bits per heavy atom. The van der Waals surface area contributed by atoms with Crippen molar-refractivity contribution >= 4 is 11.8 Å². The zero-order valence-corrected chi connectivity index (χ0v) is 13.8. The van der Waals surface area contributed by atoms with Crippen LogP contribution >= 0.6 is 11.8 Å². The Bertz CT molecular complexity index is 362. The number of hydrogen-bond donors (Lipinski definition) is 1. The maximum atomic E-state index is 3.70. The fourth-order valence-corrected chi connectivity index (χ4v) is 3.17. The molecule has 1 rings (SSSR count). The predicted molar refractivity (Wildman–Crippen MR) is 89.3 cm³/mol. The summed E-state index contributed by atoms with van der Waals surface area (Å²) in [6.45, 7) is 10.0. The zero-order chi connectivity index (χ0) is 14.1. The van der Waals surface area contributed by atoms with E-state index in [-0.39, 0.29) is 0 Å². The molecule has 0 saturated heterocycles. The highest BCUT2D eigenvalue weighted by atomic mass is 32.2. The summed E-state index contributed by atoms with van der Waals surface area (Å²) in [6.07, 6.45) is 3.64. The maximum Gasteiger partial charge on any atom is 0.0198 e. The van der Waals surface area contributed by atoms with Crippen molar-refractivity contribution in [3.63, 3.8) is 0 Å². The van der Waals surface area contributed by atoms with E-state index in [0.717, 1.165) is 13.0 Å². The molecule has 0 bridgehead atoms. The lowest BCUT2D eigenvalue weighted by Crippen LogP contribution is -2.34. The predicted octanol–water partition coefficient (Wildman–Crippen LogP) is 4.36. The third-order valence-corrected chi connectivity index (χ3v) is 4.66. The molecule has 0 radical (unpaired) electrons. The van der Waals surface area contributed by atoms with E-state index in [0.29, 0.717) is 6.04 Å². The van der Waals surface area contributed by atoms with Crippen molar-refractivity contribution in [3.8, 4) is 0 Å². The van der Waals surface area contributed by atoms with Crippen molar-refractivity contribution in [2.24, 2.45) is 0 Å². The minimum atomic E-state index is 0.608. The number of thioether (sulfide) groups is 1. The van der Waals surface area contributed by atoms with E-state index in [4.69, 9.17) is 0 Å². The summed E-state index contributed by atoms with van der Waals surface area (Å²) in [5.74, 6) is 2.50. The molecule has 1 aromatic carbocycles. The van der Waals surface area contributed by atoms with E-state index in [2.05, 4.69) is 63.0 Å². The molecule has 1 N–H and O–H groups in total. The zero-order valence-electron chi connectivity index (χ0n) is 13.0. The van der Waals surface area contributed by atoms with Gasteiger partial charge in [0, 0.05) is 11.8 Å². The number of benzene rings is 1. The van der Waals surface area contributed by atoms with Gasteiger partial charge in [-0.2, -0.15) is 11.8 Å². The number of hydrogen-bond acceptors (Lipinski definition) is 2. The van der Waals surface area contributed by atoms with Crippen molar-refractivity contribution in [3.05, 3.63) is 34.9 Å². The van der Waals surface area contributed by atoms with Crippen LogP contribution in [0.1, 0.15) is 43.4 Å². The van der Waals surface area contributed by atoms with Gasteiger partial charge < -0.3 is 5.32 Å². The van der Waals surface area contributed by atoms with Crippen LogP contribution in [0.3, 0.4) is 0 Å². The molecule has 0 amide bonds.